The molecule has 0 bridgehead atoms. The summed E-state index contributed by atoms with van der Waals surface area (Å²) in [5, 5.41) is 13.9. The Morgan fingerprint density at radius 1 is 0.538 bits per heavy atom. The monoisotopic (exact) mass is 932 g/mol. The van der Waals surface area contributed by atoms with Crippen molar-refractivity contribution >= 4 is 13.7 Å². The summed E-state index contributed by atoms with van der Waals surface area (Å²) in [5.41, 5.74) is 0. The number of phosphoric ester groups is 1. The molecular formula is C56H104N2O6P+. The smallest absolute Gasteiger partial charge is 0.387 e. The van der Waals surface area contributed by atoms with Crippen LogP contribution in [0.4, 0.5) is 0 Å². The standard InChI is InChI=1S/C56H103N2O6P/c1-6-8-10-12-14-16-18-20-22-24-25-26-27-28-29-30-31-32-33-34-36-38-40-42-44-46-48-50-56(60)57-54(53-64-65(61,62)63-52-51-58(3,4)5)55(59)49-47-45-43-41-39-37-35-23-21-19-17-15-13-11-9-7-2/h8,10,14,16,20,22,25-26,28-29,47,49,54-55,59H,6-7,9,11-13,15,17-19,21,23-24,27,30-46,48,50-53H2,1-5H3,(H-,57,60,61,62)/p+1/b10-8-,16-14-,22-20-,26-25-,29-28-,49-47+. The zero-order chi connectivity index (χ0) is 47.8. The first kappa shape index (κ1) is 62.9. The van der Waals surface area contributed by atoms with Crippen LogP contribution < -0.4 is 5.32 Å². The molecule has 0 aromatic heterocycles. The lowest BCUT2D eigenvalue weighted by Crippen LogP contribution is -2.45. The molecule has 3 N–H and O–H groups in total. The summed E-state index contributed by atoms with van der Waals surface area (Å²) in [6, 6.07) is -0.851. The highest BCUT2D eigenvalue weighted by molar-refractivity contribution is 7.47. The number of nitrogens with zero attached hydrogens (tertiary/aromatic N) is 1. The van der Waals surface area contributed by atoms with E-state index in [1.54, 1.807) is 6.08 Å². The van der Waals surface area contributed by atoms with Gasteiger partial charge in [-0.25, -0.2) is 4.57 Å². The zero-order valence-electron chi connectivity index (χ0n) is 43.0. The molecule has 8 nitrogen and oxygen atoms in total. The van der Waals surface area contributed by atoms with Crippen molar-refractivity contribution in [3.05, 3.63) is 72.9 Å². The molecule has 3 atom stereocenters. The van der Waals surface area contributed by atoms with E-state index in [9.17, 15) is 19.4 Å². The van der Waals surface area contributed by atoms with E-state index in [4.69, 9.17) is 9.05 Å². The molecule has 0 fully saturated rings. The highest BCUT2D eigenvalue weighted by Crippen LogP contribution is 2.43. The van der Waals surface area contributed by atoms with Gasteiger partial charge in [-0.05, 0) is 64.2 Å². The van der Waals surface area contributed by atoms with Crippen LogP contribution in [0.15, 0.2) is 72.9 Å². The highest BCUT2D eigenvalue weighted by atomic mass is 31.2. The fraction of sp³-hybridized carbons (Fsp3) is 0.768. The average molecular weight is 932 g/mol. The maximum absolute atomic E-state index is 13.0. The summed E-state index contributed by atoms with van der Waals surface area (Å²) in [6.45, 7) is 4.70. The maximum Gasteiger partial charge on any atom is 0.472 e. The van der Waals surface area contributed by atoms with Crippen molar-refractivity contribution in [1.29, 1.82) is 0 Å². The molecule has 0 spiro atoms. The second kappa shape index (κ2) is 47.0. The van der Waals surface area contributed by atoms with Crippen LogP contribution in [0.25, 0.3) is 0 Å². The number of aliphatic hydroxyl groups excluding tert-OH is 1. The fourth-order valence-electron chi connectivity index (χ4n) is 7.48. The molecule has 0 aliphatic carbocycles. The first-order valence-electron chi connectivity index (χ1n) is 26.8. The highest BCUT2D eigenvalue weighted by Gasteiger charge is 2.27. The number of phosphoric acid groups is 1. The lowest BCUT2D eigenvalue weighted by molar-refractivity contribution is -0.870. The van der Waals surface area contributed by atoms with Crippen LogP contribution in [0.5, 0.6) is 0 Å². The Morgan fingerprint density at radius 2 is 0.923 bits per heavy atom. The Labute approximate surface area is 402 Å². The summed E-state index contributed by atoms with van der Waals surface area (Å²) in [6.07, 6.45) is 64.1. The number of likely N-dealkylation sites (N-methyl/N-ethyl adjacent to an activating group) is 1. The van der Waals surface area contributed by atoms with Crippen LogP contribution in [-0.4, -0.2) is 73.4 Å². The molecule has 378 valence electrons. The number of quaternary nitrogens is 1. The summed E-state index contributed by atoms with van der Waals surface area (Å²) >= 11 is 0. The Balaban J connectivity index is 4.24. The fourth-order valence-corrected chi connectivity index (χ4v) is 8.22. The molecular weight excluding hydrogens is 828 g/mol. The van der Waals surface area contributed by atoms with E-state index in [1.807, 2.05) is 27.2 Å². The number of rotatable bonds is 48. The number of nitrogens with one attached hydrogen (secondary N) is 1. The number of aliphatic hydroxyl groups is 1. The van der Waals surface area contributed by atoms with Crippen LogP contribution in [0, 0.1) is 0 Å². The summed E-state index contributed by atoms with van der Waals surface area (Å²) in [5.74, 6) is -0.182. The summed E-state index contributed by atoms with van der Waals surface area (Å²) in [4.78, 5) is 23.3. The Bertz CT molecular complexity index is 1290. The van der Waals surface area contributed by atoms with Gasteiger partial charge in [0.15, 0.2) is 0 Å². The van der Waals surface area contributed by atoms with Crippen molar-refractivity contribution < 1.29 is 32.9 Å². The first-order chi connectivity index (χ1) is 31.5. The van der Waals surface area contributed by atoms with Gasteiger partial charge in [-0.1, -0.05) is 228 Å². The Morgan fingerprint density at radius 3 is 1.35 bits per heavy atom. The van der Waals surface area contributed by atoms with E-state index in [1.165, 1.54) is 135 Å². The van der Waals surface area contributed by atoms with Crippen LogP contribution in [0.1, 0.15) is 226 Å². The molecule has 1 amide bonds. The molecule has 0 aliphatic rings. The summed E-state index contributed by atoms with van der Waals surface area (Å²) in [7, 11) is 1.56. The van der Waals surface area contributed by atoms with Crippen LogP contribution in [-0.2, 0) is 18.4 Å². The Hall–Kier alpha value is -2.06. The predicted molar refractivity (Wildman–Crippen MR) is 281 cm³/mol. The lowest BCUT2D eigenvalue weighted by atomic mass is 10.0. The van der Waals surface area contributed by atoms with Crippen molar-refractivity contribution in [3.63, 3.8) is 0 Å². The lowest BCUT2D eigenvalue weighted by Gasteiger charge is -2.25. The molecule has 0 aromatic carbocycles. The van der Waals surface area contributed by atoms with Gasteiger partial charge in [0, 0.05) is 6.42 Å². The number of unbranched alkanes of at least 4 members (excludes halogenated alkanes) is 25. The van der Waals surface area contributed by atoms with E-state index >= 15 is 0 Å². The second-order valence-corrected chi connectivity index (χ2v) is 20.7. The van der Waals surface area contributed by atoms with E-state index in [0.717, 1.165) is 70.6 Å². The van der Waals surface area contributed by atoms with Gasteiger partial charge in [0.05, 0.1) is 39.9 Å². The topological polar surface area (TPSA) is 105 Å². The van der Waals surface area contributed by atoms with E-state index in [-0.39, 0.29) is 19.1 Å². The molecule has 9 heteroatoms. The predicted octanol–water partition coefficient (Wildman–Crippen LogP) is 15.9. The number of hydrogen-bond donors (Lipinski definition) is 3. The van der Waals surface area contributed by atoms with Gasteiger partial charge in [-0.2, -0.15) is 0 Å². The van der Waals surface area contributed by atoms with E-state index in [2.05, 4.69) is 79.9 Å². The van der Waals surface area contributed by atoms with Crippen LogP contribution in [0.2, 0.25) is 0 Å². The number of carbonyl (C=O) groups is 1. The maximum atomic E-state index is 13.0. The number of allylic oxidation sites excluding steroid dienone is 11. The van der Waals surface area contributed by atoms with Crippen molar-refractivity contribution in [2.45, 2.75) is 238 Å². The third-order valence-electron chi connectivity index (χ3n) is 11.7. The first-order valence-corrected chi connectivity index (χ1v) is 28.3. The van der Waals surface area contributed by atoms with Gasteiger partial charge in [0.25, 0.3) is 0 Å². The number of hydrogen-bond acceptors (Lipinski definition) is 5. The van der Waals surface area contributed by atoms with Gasteiger partial charge in [0.2, 0.25) is 5.91 Å². The van der Waals surface area contributed by atoms with Gasteiger partial charge < -0.3 is 19.8 Å². The molecule has 0 rings (SSSR count). The van der Waals surface area contributed by atoms with Crippen molar-refractivity contribution in [3.8, 4) is 0 Å². The molecule has 0 aliphatic heterocycles. The second-order valence-electron chi connectivity index (χ2n) is 19.2. The quantitative estimate of drug-likeness (QED) is 0.0243. The van der Waals surface area contributed by atoms with Crippen molar-refractivity contribution in [2.24, 2.45) is 0 Å². The third-order valence-corrected chi connectivity index (χ3v) is 12.7. The Kier molecular flexibility index (Phi) is 45.5. The van der Waals surface area contributed by atoms with Crippen molar-refractivity contribution in [2.75, 3.05) is 40.9 Å². The zero-order valence-corrected chi connectivity index (χ0v) is 43.9. The number of carbonyl (C=O) groups excluding carboxylic acids is 1. The van der Waals surface area contributed by atoms with Crippen LogP contribution in [0.3, 0.4) is 0 Å². The van der Waals surface area contributed by atoms with Crippen molar-refractivity contribution in [1.82, 2.24) is 5.32 Å². The minimum atomic E-state index is -4.35. The molecule has 3 unspecified atom stereocenters. The molecule has 0 saturated heterocycles. The third kappa shape index (κ3) is 49.7. The van der Waals surface area contributed by atoms with Crippen LogP contribution >= 0.6 is 7.82 Å². The molecule has 0 aromatic rings. The summed E-state index contributed by atoms with van der Waals surface area (Å²) < 4.78 is 23.7. The molecule has 65 heavy (non-hydrogen) atoms. The van der Waals surface area contributed by atoms with E-state index < -0.39 is 20.0 Å². The minimum absolute atomic E-state index is 0.0585. The average Bonchev–Trinajstić information content (AvgIpc) is 3.26. The van der Waals surface area contributed by atoms with Gasteiger partial charge in [-0.15, -0.1) is 0 Å². The normalized spacial score (nSPS) is 14.6. The largest absolute Gasteiger partial charge is 0.472 e. The van der Waals surface area contributed by atoms with E-state index in [0.29, 0.717) is 17.4 Å². The minimum Gasteiger partial charge on any atom is -0.387 e. The SMILES string of the molecule is CC/C=C\C/C=C\C/C=C\C/C=C\C/C=C\CCCCCCCCCCCCCC(=O)NC(COP(=O)(O)OCC[N+](C)(C)C)C(O)/C=C/CCCCCCCCCCCCCCCC. The van der Waals surface area contributed by atoms with Gasteiger partial charge >= 0.3 is 7.82 Å². The van der Waals surface area contributed by atoms with Gasteiger partial charge in [-0.3, -0.25) is 13.8 Å². The molecule has 0 saturated carbocycles. The number of amides is 1. The molecule has 0 heterocycles. The van der Waals surface area contributed by atoms with Gasteiger partial charge in [0.1, 0.15) is 13.2 Å². The molecule has 0 radical (unpaired) electrons.